The van der Waals surface area contributed by atoms with Crippen molar-refractivity contribution in [2.24, 2.45) is 0 Å². The third-order valence-electron chi connectivity index (χ3n) is 2.38. The number of hydrogen-bond acceptors (Lipinski definition) is 3. The first-order chi connectivity index (χ1) is 7.72. The minimum absolute atomic E-state index is 0.184. The van der Waals surface area contributed by atoms with Crippen molar-refractivity contribution in [3.63, 3.8) is 0 Å². The second kappa shape index (κ2) is 10.6. The monoisotopic (exact) mass is 229 g/mol. The van der Waals surface area contributed by atoms with E-state index in [0.717, 1.165) is 38.5 Å². The second-order valence-electron chi connectivity index (χ2n) is 3.92. The largest absolute Gasteiger partial charge is 0.396 e. The number of unbranched alkanes of at least 4 members (excludes halogenated alkanes) is 4. The Morgan fingerprint density at radius 3 is 2.44 bits per heavy atom. The summed E-state index contributed by atoms with van der Waals surface area (Å²) >= 11 is 0. The van der Waals surface area contributed by atoms with Crippen molar-refractivity contribution in [1.29, 1.82) is 0 Å². The summed E-state index contributed by atoms with van der Waals surface area (Å²) in [5.41, 5.74) is 0. The number of aliphatic hydroxyl groups is 1. The van der Waals surface area contributed by atoms with Gasteiger partial charge in [-0.3, -0.25) is 9.59 Å². The summed E-state index contributed by atoms with van der Waals surface area (Å²) < 4.78 is 0. The van der Waals surface area contributed by atoms with Crippen LogP contribution in [0.15, 0.2) is 0 Å². The molecule has 4 heteroatoms. The molecule has 0 aliphatic carbocycles. The van der Waals surface area contributed by atoms with Crippen LogP contribution in [0.3, 0.4) is 0 Å². The summed E-state index contributed by atoms with van der Waals surface area (Å²) in [7, 11) is 0. The summed E-state index contributed by atoms with van der Waals surface area (Å²) in [5, 5.41) is 11.1. The number of amides is 1. The third-order valence-corrected chi connectivity index (χ3v) is 2.38. The highest BCUT2D eigenvalue weighted by molar-refractivity contribution is 6.36. The fraction of sp³-hybridized carbons (Fsp3) is 0.833. The number of hydrogen-bond donors (Lipinski definition) is 2. The smallest absolute Gasteiger partial charge is 0.287 e. The van der Waals surface area contributed by atoms with Gasteiger partial charge in [-0.1, -0.05) is 19.8 Å². The third kappa shape index (κ3) is 8.41. The summed E-state index contributed by atoms with van der Waals surface area (Å²) in [6.07, 6.45) is 5.64. The Kier molecular flexibility index (Phi) is 10.0. The van der Waals surface area contributed by atoms with Gasteiger partial charge in [-0.25, -0.2) is 0 Å². The topological polar surface area (TPSA) is 66.4 Å². The van der Waals surface area contributed by atoms with Crippen LogP contribution in [-0.2, 0) is 9.59 Å². The summed E-state index contributed by atoms with van der Waals surface area (Å²) in [5.74, 6) is -0.768. The van der Waals surface area contributed by atoms with Gasteiger partial charge < -0.3 is 10.4 Å². The van der Waals surface area contributed by atoms with E-state index in [2.05, 4.69) is 12.2 Å². The van der Waals surface area contributed by atoms with Crippen LogP contribution < -0.4 is 5.32 Å². The number of aliphatic hydroxyl groups excluding tert-OH is 1. The van der Waals surface area contributed by atoms with Crippen molar-refractivity contribution < 1.29 is 14.7 Å². The van der Waals surface area contributed by atoms with Gasteiger partial charge in [0, 0.05) is 19.6 Å². The van der Waals surface area contributed by atoms with Gasteiger partial charge >= 0.3 is 0 Å². The quantitative estimate of drug-likeness (QED) is 0.440. The number of carbonyl (C=O) groups is 2. The van der Waals surface area contributed by atoms with Gasteiger partial charge in [0.05, 0.1) is 0 Å². The molecule has 0 radical (unpaired) electrons. The van der Waals surface area contributed by atoms with E-state index in [-0.39, 0.29) is 12.4 Å². The van der Waals surface area contributed by atoms with E-state index in [4.69, 9.17) is 5.11 Å². The Labute approximate surface area is 97.4 Å². The van der Waals surface area contributed by atoms with Crippen LogP contribution in [0, 0.1) is 0 Å². The van der Waals surface area contributed by atoms with E-state index in [1.54, 1.807) is 0 Å². The van der Waals surface area contributed by atoms with E-state index < -0.39 is 5.91 Å². The van der Waals surface area contributed by atoms with Gasteiger partial charge in [-0.2, -0.15) is 0 Å². The van der Waals surface area contributed by atoms with Gasteiger partial charge in [-0.05, 0) is 25.7 Å². The van der Waals surface area contributed by atoms with Crippen LogP contribution in [0.5, 0.6) is 0 Å². The zero-order valence-corrected chi connectivity index (χ0v) is 10.1. The lowest BCUT2D eigenvalue weighted by Gasteiger charge is -2.03. The molecule has 0 saturated heterocycles. The van der Waals surface area contributed by atoms with Crippen LogP contribution in [0.25, 0.3) is 0 Å². The van der Waals surface area contributed by atoms with Crippen LogP contribution >= 0.6 is 0 Å². The molecule has 16 heavy (non-hydrogen) atoms. The van der Waals surface area contributed by atoms with Gasteiger partial charge in [-0.15, -0.1) is 0 Å². The summed E-state index contributed by atoms with van der Waals surface area (Å²) in [6.45, 7) is 2.77. The van der Waals surface area contributed by atoms with Gasteiger partial charge in [0.15, 0.2) is 0 Å². The second-order valence-corrected chi connectivity index (χ2v) is 3.92. The molecule has 0 saturated carbocycles. The lowest BCUT2D eigenvalue weighted by Crippen LogP contribution is -2.31. The predicted molar refractivity (Wildman–Crippen MR) is 63.1 cm³/mol. The molecular formula is C12H23NO3. The maximum Gasteiger partial charge on any atom is 0.287 e. The summed E-state index contributed by atoms with van der Waals surface area (Å²) in [6, 6.07) is 0. The SMILES string of the molecule is CCCCCC(=O)C(=O)NCCCCCO. The molecule has 94 valence electrons. The number of carbonyl (C=O) groups excluding carboxylic acids is 2. The van der Waals surface area contributed by atoms with Crippen LogP contribution in [0.1, 0.15) is 51.9 Å². The Bertz CT molecular complexity index is 204. The number of rotatable bonds is 10. The van der Waals surface area contributed by atoms with E-state index in [0.29, 0.717) is 13.0 Å². The van der Waals surface area contributed by atoms with Crippen LogP contribution in [-0.4, -0.2) is 29.9 Å². The van der Waals surface area contributed by atoms with Gasteiger partial charge in [0.2, 0.25) is 5.78 Å². The predicted octanol–water partition coefficient (Wildman–Crippen LogP) is 1.41. The number of ketones is 1. The molecule has 0 fully saturated rings. The van der Waals surface area contributed by atoms with Crippen molar-refractivity contribution in [1.82, 2.24) is 5.32 Å². The standard InChI is InChI=1S/C12H23NO3/c1-2-3-5-8-11(15)12(16)13-9-6-4-7-10-14/h14H,2-10H2,1H3,(H,13,16). The Balaban J connectivity index is 3.44. The molecule has 0 aliphatic rings. The van der Waals surface area contributed by atoms with Crippen molar-refractivity contribution in [2.45, 2.75) is 51.9 Å². The van der Waals surface area contributed by atoms with Crippen molar-refractivity contribution >= 4 is 11.7 Å². The molecule has 0 aromatic heterocycles. The maximum absolute atomic E-state index is 11.3. The average Bonchev–Trinajstić information content (AvgIpc) is 2.28. The fourth-order valence-corrected chi connectivity index (χ4v) is 1.36. The first kappa shape index (κ1) is 15.1. The van der Waals surface area contributed by atoms with Crippen LogP contribution in [0.4, 0.5) is 0 Å². The first-order valence-electron chi connectivity index (χ1n) is 6.14. The zero-order chi connectivity index (χ0) is 12.2. The number of Topliss-reactive ketones (excluding diaryl/α,β-unsaturated/α-hetero) is 1. The van der Waals surface area contributed by atoms with Crippen LogP contribution in [0.2, 0.25) is 0 Å². The summed E-state index contributed by atoms with van der Waals surface area (Å²) in [4.78, 5) is 22.5. The molecule has 0 heterocycles. The lowest BCUT2D eigenvalue weighted by atomic mass is 10.1. The first-order valence-corrected chi connectivity index (χ1v) is 6.14. The molecular weight excluding hydrogens is 206 g/mol. The zero-order valence-electron chi connectivity index (χ0n) is 10.1. The lowest BCUT2D eigenvalue weighted by molar-refractivity contribution is -0.138. The van der Waals surface area contributed by atoms with E-state index in [1.807, 2.05) is 0 Å². The van der Waals surface area contributed by atoms with Crippen molar-refractivity contribution in [3.8, 4) is 0 Å². The Morgan fingerprint density at radius 2 is 1.81 bits per heavy atom. The Morgan fingerprint density at radius 1 is 1.06 bits per heavy atom. The molecule has 0 rings (SSSR count). The molecule has 4 nitrogen and oxygen atoms in total. The Hall–Kier alpha value is -0.900. The molecule has 0 spiro atoms. The molecule has 0 aromatic carbocycles. The fourth-order valence-electron chi connectivity index (χ4n) is 1.36. The highest BCUT2D eigenvalue weighted by Crippen LogP contribution is 1.99. The van der Waals surface area contributed by atoms with E-state index in [9.17, 15) is 9.59 Å². The molecule has 2 N–H and O–H groups in total. The van der Waals surface area contributed by atoms with Gasteiger partial charge in [0.25, 0.3) is 5.91 Å². The highest BCUT2D eigenvalue weighted by atomic mass is 16.3. The van der Waals surface area contributed by atoms with Crippen molar-refractivity contribution in [3.05, 3.63) is 0 Å². The minimum atomic E-state index is -0.458. The van der Waals surface area contributed by atoms with Gasteiger partial charge in [0.1, 0.15) is 0 Å². The highest BCUT2D eigenvalue weighted by Gasteiger charge is 2.11. The molecule has 0 atom stereocenters. The minimum Gasteiger partial charge on any atom is -0.396 e. The molecule has 1 amide bonds. The molecule has 0 bridgehead atoms. The molecule has 0 unspecified atom stereocenters. The molecule has 0 aliphatic heterocycles. The number of nitrogens with one attached hydrogen (secondary N) is 1. The van der Waals surface area contributed by atoms with Crippen molar-refractivity contribution in [2.75, 3.05) is 13.2 Å². The van der Waals surface area contributed by atoms with E-state index in [1.165, 1.54) is 0 Å². The average molecular weight is 229 g/mol. The normalized spacial score (nSPS) is 10.1. The van der Waals surface area contributed by atoms with E-state index >= 15 is 0 Å². The molecule has 0 aromatic rings. The maximum atomic E-state index is 11.3.